The molecule has 1 N–H and O–H groups in total. The van der Waals surface area contributed by atoms with E-state index in [9.17, 15) is 4.39 Å². The van der Waals surface area contributed by atoms with E-state index in [-0.39, 0.29) is 5.82 Å². The first kappa shape index (κ1) is 9.54. The van der Waals surface area contributed by atoms with Gasteiger partial charge in [-0.3, -0.25) is 0 Å². The molecule has 0 spiro atoms. The molecule has 0 saturated carbocycles. The minimum absolute atomic E-state index is 0.212. The van der Waals surface area contributed by atoms with Crippen LogP contribution in [-0.4, -0.2) is 16.1 Å². The van der Waals surface area contributed by atoms with E-state index in [1.807, 2.05) is 6.20 Å². The van der Waals surface area contributed by atoms with Gasteiger partial charge in [-0.25, -0.2) is 9.37 Å². The van der Waals surface area contributed by atoms with Gasteiger partial charge in [0.2, 0.25) is 0 Å². The molecule has 1 aliphatic heterocycles. The average molecular weight is 217 g/mol. The third kappa shape index (κ3) is 1.51. The maximum atomic E-state index is 12.8. The van der Waals surface area contributed by atoms with Crippen molar-refractivity contribution in [2.45, 2.75) is 13.1 Å². The lowest BCUT2D eigenvalue weighted by atomic mass is 10.2. The summed E-state index contributed by atoms with van der Waals surface area (Å²) < 4.78 is 15.0. The van der Waals surface area contributed by atoms with Gasteiger partial charge in [-0.05, 0) is 24.3 Å². The van der Waals surface area contributed by atoms with Crippen molar-refractivity contribution in [3.05, 3.63) is 42.0 Å². The highest BCUT2D eigenvalue weighted by Gasteiger charge is 2.14. The number of fused-ring (bicyclic) bond motifs is 1. The number of benzene rings is 1. The first-order valence-corrected chi connectivity index (χ1v) is 5.35. The Morgan fingerprint density at radius 2 is 2.06 bits per heavy atom. The Balaban J connectivity index is 2.06. The molecule has 2 aromatic rings. The molecule has 0 atom stereocenters. The molecule has 3 nitrogen and oxygen atoms in total. The van der Waals surface area contributed by atoms with Crippen LogP contribution in [0.4, 0.5) is 4.39 Å². The fourth-order valence-corrected chi connectivity index (χ4v) is 2.04. The molecule has 4 heteroatoms. The maximum absolute atomic E-state index is 12.8. The summed E-state index contributed by atoms with van der Waals surface area (Å²) >= 11 is 0. The van der Waals surface area contributed by atoms with Crippen molar-refractivity contribution >= 4 is 0 Å². The topological polar surface area (TPSA) is 29.9 Å². The van der Waals surface area contributed by atoms with Crippen LogP contribution < -0.4 is 5.32 Å². The minimum Gasteiger partial charge on any atom is -0.326 e. The molecule has 0 fully saturated rings. The predicted molar refractivity (Wildman–Crippen MR) is 59.3 cm³/mol. The quantitative estimate of drug-likeness (QED) is 0.789. The summed E-state index contributed by atoms with van der Waals surface area (Å²) in [7, 11) is 0. The molecule has 1 aromatic heterocycles. The number of rotatable bonds is 1. The van der Waals surface area contributed by atoms with Crippen LogP contribution in [0, 0.1) is 5.82 Å². The Morgan fingerprint density at radius 1 is 1.25 bits per heavy atom. The fraction of sp³-hybridized carbons (Fsp3) is 0.250. The SMILES string of the molecule is Fc1ccc(-c2ncc3n2CCNC3)cc1. The van der Waals surface area contributed by atoms with Gasteiger partial charge >= 0.3 is 0 Å². The summed E-state index contributed by atoms with van der Waals surface area (Å²) in [5.41, 5.74) is 2.15. The number of hydrogen-bond acceptors (Lipinski definition) is 2. The molecule has 2 heterocycles. The van der Waals surface area contributed by atoms with Gasteiger partial charge in [0.15, 0.2) is 0 Å². The molecular formula is C12H12FN3. The van der Waals surface area contributed by atoms with Crippen molar-refractivity contribution in [1.29, 1.82) is 0 Å². The van der Waals surface area contributed by atoms with E-state index in [2.05, 4.69) is 14.9 Å². The van der Waals surface area contributed by atoms with Crippen LogP contribution in [0.5, 0.6) is 0 Å². The van der Waals surface area contributed by atoms with Crippen LogP contribution in [-0.2, 0) is 13.1 Å². The van der Waals surface area contributed by atoms with Crippen LogP contribution >= 0.6 is 0 Å². The van der Waals surface area contributed by atoms with Gasteiger partial charge in [0, 0.05) is 25.2 Å². The van der Waals surface area contributed by atoms with E-state index in [0.717, 1.165) is 31.0 Å². The van der Waals surface area contributed by atoms with Gasteiger partial charge in [0.25, 0.3) is 0 Å². The lowest BCUT2D eigenvalue weighted by molar-refractivity contribution is 0.519. The van der Waals surface area contributed by atoms with E-state index in [1.54, 1.807) is 12.1 Å². The van der Waals surface area contributed by atoms with Gasteiger partial charge in [-0.15, -0.1) is 0 Å². The smallest absolute Gasteiger partial charge is 0.140 e. The number of nitrogens with one attached hydrogen (secondary N) is 1. The Hall–Kier alpha value is -1.68. The zero-order chi connectivity index (χ0) is 11.0. The Bertz CT molecular complexity index is 501. The summed E-state index contributed by atoms with van der Waals surface area (Å²) in [5, 5.41) is 3.29. The molecule has 1 aromatic carbocycles. The number of nitrogens with zero attached hydrogens (tertiary/aromatic N) is 2. The summed E-state index contributed by atoms with van der Waals surface area (Å²) in [5.74, 6) is 0.715. The Kier molecular flexibility index (Phi) is 2.22. The summed E-state index contributed by atoms with van der Waals surface area (Å²) in [6.07, 6.45) is 1.88. The molecular weight excluding hydrogens is 205 g/mol. The second kappa shape index (κ2) is 3.72. The minimum atomic E-state index is -0.212. The monoisotopic (exact) mass is 217 g/mol. The summed E-state index contributed by atoms with van der Waals surface area (Å²) in [6.45, 7) is 2.73. The number of aromatic nitrogens is 2. The van der Waals surface area contributed by atoms with Crippen molar-refractivity contribution < 1.29 is 4.39 Å². The van der Waals surface area contributed by atoms with Crippen molar-refractivity contribution in [1.82, 2.24) is 14.9 Å². The first-order valence-electron chi connectivity index (χ1n) is 5.35. The van der Waals surface area contributed by atoms with Crippen molar-refractivity contribution in [2.75, 3.05) is 6.54 Å². The number of imidazole rings is 1. The highest BCUT2D eigenvalue weighted by molar-refractivity contribution is 5.56. The molecule has 0 radical (unpaired) electrons. The highest BCUT2D eigenvalue weighted by atomic mass is 19.1. The Labute approximate surface area is 92.9 Å². The highest BCUT2D eigenvalue weighted by Crippen LogP contribution is 2.21. The largest absolute Gasteiger partial charge is 0.326 e. The molecule has 16 heavy (non-hydrogen) atoms. The van der Waals surface area contributed by atoms with Crippen LogP contribution in [0.3, 0.4) is 0 Å². The zero-order valence-electron chi connectivity index (χ0n) is 8.78. The van der Waals surface area contributed by atoms with E-state index >= 15 is 0 Å². The molecule has 0 amide bonds. The standard InChI is InChI=1S/C12H12FN3/c13-10-3-1-9(2-4-10)12-15-8-11-7-14-5-6-16(11)12/h1-4,8,14H,5-7H2. The molecule has 0 bridgehead atoms. The zero-order valence-corrected chi connectivity index (χ0v) is 8.78. The molecule has 3 rings (SSSR count). The third-order valence-corrected chi connectivity index (χ3v) is 2.86. The number of hydrogen-bond donors (Lipinski definition) is 1. The van der Waals surface area contributed by atoms with Crippen molar-refractivity contribution in [3.8, 4) is 11.4 Å². The van der Waals surface area contributed by atoms with Gasteiger partial charge in [-0.2, -0.15) is 0 Å². The van der Waals surface area contributed by atoms with Crippen molar-refractivity contribution in [2.24, 2.45) is 0 Å². The van der Waals surface area contributed by atoms with Gasteiger partial charge in [-0.1, -0.05) is 0 Å². The average Bonchev–Trinajstić information content (AvgIpc) is 2.74. The second-order valence-electron chi connectivity index (χ2n) is 3.91. The second-order valence-corrected chi connectivity index (χ2v) is 3.91. The van der Waals surface area contributed by atoms with Gasteiger partial charge in [0.1, 0.15) is 11.6 Å². The van der Waals surface area contributed by atoms with Crippen LogP contribution in [0.25, 0.3) is 11.4 Å². The van der Waals surface area contributed by atoms with Crippen molar-refractivity contribution in [3.63, 3.8) is 0 Å². The van der Waals surface area contributed by atoms with E-state index in [1.165, 1.54) is 17.8 Å². The third-order valence-electron chi connectivity index (χ3n) is 2.86. The van der Waals surface area contributed by atoms with Crippen LogP contribution in [0.2, 0.25) is 0 Å². The predicted octanol–water partition coefficient (Wildman–Crippen LogP) is 1.79. The summed E-state index contributed by atoms with van der Waals surface area (Å²) in [6, 6.07) is 6.48. The van der Waals surface area contributed by atoms with E-state index in [4.69, 9.17) is 0 Å². The Morgan fingerprint density at radius 3 is 2.88 bits per heavy atom. The number of halogens is 1. The van der Waals surface area contributed by atoms with Gasteiger partial charge < -0.3 is 9.88 Å². The normalized spacial score (nSPS) is 14.8. The lowest BCUT2D eigenvalue weighted by Gasteiger charge is -2.17. The molecule has 1 aliphatic rings. The maximum Gasteiger partial charge on any atom is 0.140 e. The van der Waals surface area contributed by atoms with E-state index < -0.39 is 0 Å². The molecule has 0 aliphatic carbocycles. The summed E-state index contributed by atoms with van der Waals surface area (Å²) in [4.78, 5) is 4.40. The molecule has 0 unspecified atom stereocenters. The van der Waals surface area contributed by atoms with Gasteiger partial charge in [0.05, 0.1) is 11.9 Å². The lowest BCUT2D eigenvalue weighted by Crippen LogP contribution is -2.27. The first-order chi connectivity index (χ1) is 7.84. The van der Waals surface area contributed by atoms with Crippen LogP contribution in [0.15, 0.2) is 30.5 Å². The van der Waals surface area contributed by atoms with Crippen LogP contribution in [0.1, 0.15) is 5.69 Å². The molecule has 0 saturated heterocycles. The molecule has 82 valence electrons. The van der Waals surface area contributed by atoms with E-state index in [0.29, 0.717) is 0 Å². The fourth-order valence-electron chi connectivity index (χ4n) is 2.04.